The van der Waals surface area contributed by atoms with Crippen LogP contribution in [-0.2, 0) is 11.3 Å². The van der Waals surface area contributed by atoms with E-state index in [1.165, 1.54) is 0 Å². The lowest BCUT2D eigenvalue weighted by Crippen LogP contribution is -2.41. The van der Waals surface area contributed by atoms with Gasteiger partial charge in [-0.25, -0.2) is 9.98 Å². The van der Waals surface area contributed by atoms with E-state index in [-0.39, 0.29) is 35.8 Å². The zero-order valence-electron chi connectivity index (χ0n) is 19.4. The van der Waals surface area contributed by atoms with Crippen molar-refractivity contribution in [2.45, 2.75) is 26.3 Å². The molecule has 9 heteroatoms. The minimum atomic E-state index is -0.204. The van der Waals surface area contributed by atoms with Gasteiger partial charge in [0.1, 0.15) is 18.2 Å². The average Bonchev–Trinajstić information content (AvgIpc) is 2.82. The van der Waals surface area contributed by atoms with E-state index in [0.717, 1.165) is 55.6 Å². The minimum absolute atomic E-state index is 0. The second-order valence-electron chi connectivity index (χ2n) is 7.90. The van der Waals surface area contributed by atoms with E-state index >= 15 is 0 Å². The third-order valence-corrected chi connectivity index (χ3v) is 5.60. The largest absolute Gasteiger partial charge is 0.492 e. The summed E-state index contributed by atoms with van der Waals surface area (Å²) in [7, 11) is 2.01. The summed E-state index contributed by atoms with van der Waals surface area (Å²) in [6, 6.07) is 13.8. The number of hydrogen-bond acceptors (Lipinski definition) is 5. The van der Waals surface area contributed by atoms with Crippen molar-refractivity contribution in [2.75, 3.05) is 44.7 Å². The second-order valence-corrected chi connectivity index (χ2v) is 7.90. The normalized spacial score (nSPS) is 14.4. The quantitative estimate of drug-likeness (QED) is 0.276. The highest BCUT2D eigenvalue weighted by atomic mass is 127. The molecule has 1 aliphatic heterocycles. The van der Waals surface area contributed by atoms with Gasteiger partial charge >= 0.3 is 0 Å². The summed E-state index contributed by atoms with van der Waals surface area (Å²) in [5.74, 6) is 2.38. The lowest BCUT2D eigenvalue weighted by molar-refractivity contribution is -0.122. The molecule has 1 fully saturated rings. The number of pyridine rings is 1. The number of primary amides is 1. The van der Waals surface area contributed by atoms with Gasteiger partial charge in [-0.1, -0.05) is 24.3 Å². The number of carbonyl (C=O) groups is 1. The molecule has 8 nitrogen and oxygen atoms in total. The Morgan fingerprint density at radius 2 is 1.97 bits per heavy atom. The van der Waals surface area contributed by atoms with Crippen molar-refractivity contribution in [3.8, 4) is 5.75 Å². The van der Waals surface area contributed by atoms with Crippen molar-refractivity contribution in [1.29, 1.82) is 0 Å². The predicted octanol–water partition coefficient (Wildman–Crippen LogP) is 2.88. The Labute approximate surface area is 213 Å². The number of ether oxygens (including phenoxy) is 1. The van der Waals surface area contributed by atoms with E-state index in [2.05, 4.69) is 33.1 Å². The molecule has 0 atom stereocenters. The van der Waals surface area contributed by atoms with Crippen molar-refractivity contribution in [2.24, 2.45) is 16.6 Å². The molecule has 0 aliphatic carbocycles. The van der Waals surface area contributed by atoms with Crippen LogP contribution in [0.4, 0.5) is 5.82 Å². The minimum Gasteiger partial charge on any atom is -0.492 e. The monoisotopic (exact) mass is 566 g/mol. The van der Waals surface area contributed by atoms with Crippen LogP contribution >= 0.6 is 24.0 Å². The van der Waals surface area contributed by atoms with Gasteiger partial charge in [-0.2, -0.15) is 0 Å². The maximum absolute atomic E-state index is 11.5. The molecule has 0 unspecified atom stereocenters. The summed E-state index contributed by atoms with van der Waals surface area (Å²) >= 11 is 0. The number of nitrogens with one attached hydrogen (secondary N) is 1. The molecule has 1 amide bonds. The van der Waals surface area contributed by atoms with Gasteiger partial charge in [0.05, 0.1) is 13.1 Å². The SMILES string of the molecule is CCNC(=NCc1cccnc1N1CCC(C(N)=O)CC1)N(C)CCOc1ccccc1.I. The molecule has 33 heavy (non-hydrogen) atoms. The number of guanidine groups is 1. The lowest BCUT2D eigenvalue weighted by Gasteiger charge is -2.32. The Balaban J connectivity index is 0.00000385. The molecule has 1 aliphatic rings. The van der Waals surface area contributed by atoms with Gasteiger partial charge in [0.15, 0.2) is 5.96 Å². The van der Waals surface area contributed by atoms with Crippen LogP contribution in [0.1, 0.15) is 25.3 Å². The Hall–Kier alpha value is -2.56. The molecular weight excluding hydrogens is 531 g/mol. The zero-order valence-corrected chi connectivity index (χ0v) is 21.8. The van der Waals surface area contributed by atoms with Gasteiger partial charge in [-0.05, 0) is 38.0 Å². The number of halogens is 1. The number of hydrogen-bond donors (Lipinski definition) is 2. The van der Waals surface area contributed by atoms with Gasteiger partial charge < -0.3 is 25.6 Å². The summed E-state index contributed by atoms with van der Waals surface area (Å²) in [5.41, 5.74) is 6.54. The molecule has 2 aromatic rings. The summed E-state index contributed by atoms with van der Waals surface area (Å²) in [6.07, 6.45) is 3.34. The molecule has 1 aromatic heterocycles. The topological polar surface area (TPSA) is 96.1 Å². The molecule has 0 bridgehead atoms. The molecular formula is C24H35IN6O2. The number of aliphatic imine (C=N–C) groups is 1. The molecule has 3 rings (SSSR count). The Bertz CT molecular complexity index is 888. The van der Waals surface area contributed by atoms with Gasteiger partial charge in [-0.15, -0.1) is 24.0 Å². The van der Waals surface area contributed by atoms with Crippen LogP contribution in [0, 0.1) is 5.92 Å². The fraction of sp³-hybridized carbons (Fsp3) is 0.458. The van der Waals surface area contributed by atoms with E-state index in [0.29, 0.717) is 19.7 Å². The number of nitrogens with two attached hydrogens (primary N) is 1. The van der Waals surface area contributed by atoms with Crippen LogP contribution in [0.5, 0.6) is 5.75 Å². The molecule has 0 spiro atoms. The maximum atomic E-state index is 11.5. The second kappa shape index (κ2) is 13.9. The van der Waals surface area contributed by atoms with E-state index in [9.17, 15) is 4.79 Å². The molecule has 3 N–H and O–H groups in total. The highest BCUT2D eigenvalue weighted by Crippen LogP contribution is 2.25. The standard InChI is InChI=1S/C24H34N6O2.HI/c1-3-26-24(29(2)16-17-32-21-9-5-4-6-10-21)28-18-20-8-7-13-27-23(20)30-14-11-19(12-15-30)22(25)31;/h4-10,13,19H,3,11-12,14-18H2,1-2H3,(H2,25,31)(H,26,28);1H. The molecule has 180 valence electrons. The number of aromatic nitrogens is 1. The van der Waals surface area contributed by atoms with Gasteiger partial charge in [0.2, 0.25) is 5.91 Å². The number of piperidine rings is 1. The Morgan fingerprint density at radius 3 is 2.64 bits per heavy atom. The van der Waals surface area contributed by atoms with Crippen LogP contribution < -0.4 is 20.7 Å². The number of anilines is 1. The van der Waals surface area contributed by atoms with Crippen LogP contribution in [0.2, 0.25) is 0 Å². The lowest BCUT2D eigenvalue weighted by atomic mass is 9.96. The summed E-state index contributed by atoms with van der Waals surface area (Å²) in [5, 5.41) is 3.35. The number of amides is 1. The number of para-hydroxylation sites is 1. The van der Waals surface area contributed by atoms with E-state index in [1.54, 1.807) is 6.20 Å². The van der Waals surface area contributed by atoms with Crippen molar-refractivity contribution in [3.05, 3.63) is 54.2 Å². The number of nitrogens with zero attached hydrogens (tertiary/aromatic N) is 4. The van der Waals surface area contributed by atoms with Crippen LogP contribution in [0.25, 0.3) is 0 Å². The smallest absolute Gasteiger partial charge is 0.220 e. The first-order valence-electron chi connectivity index (χ1n) is 11.2. The Morgan fingerprint density at radius 1 is 1.24 bits per heavy atom. The van der Waals surface area contributed by atoms with Crippen molar-refractivity contribution in [1.82, 2.24) is 15.2 Å². The fourth-order valence-electron chi connectivity index (χ4n) is 3.77. The zero-order chi connectivity index (χ0) is 22.8. The Kier molecular flexibility index (Phi) is 11.2. The molecule has 0 radical (unpaired) electrons. The summed E-state index contributed by atoms with van der Waals surface area (Å²) in [6.45, 7) is 6.19. The average molecular weight is 566 g/mol. The number of carbonyl (C=O) groups excluding carboxylic acids is 1. The van der Waals surface area contributed by atoms with E-state index in [1.807, 2.05) is 43.4 Å². The van der Waals surface area contributed by atoms with Gasteiger partial charge in [-0.3, -0.25) is 4.79 Å². The third-order valence-electron chi connectivity index (χ3n) is 5.60. The fourth-order valence-corrected chi connectivity index (χ4v) is 3.77. The molecule has 0 saturated carbocycles. The van der Waals surface area contributed by atoms with E-state index < -0.39 is 0 Å². The number of likely N-dealkylation sites (N-methyl/N-ethyl adjacent to an activating group) is 1. The maximum Gasteiger partial charge on any atom is 0.220 e. The van der Waals surface area contributed by atoms with E-state index in [4.69, 9.17) is 15.5 Å². The third kappa shape index (κ3) is 8.06. The first-order valence-corrected chi connectivity index (χ1v) is 11.2. The highest BCUT2D eigenvalue weighted by molar-refractivity contribution is 14.0. The first kappa shape index (κ1) is 26.7. The van der Waals surface area contributed by atoms with Crippen LogP contribution in [-0.4, -0.2) is 61.6 Å². The predicted molar refractivity (Wildman–Crippen MR) is 143 cm³/mol. The molecule has 2 heterocycles. The first-order chi connectivity index (χ1) is 15.6. The van der Waals surface area contributed by atoms with Gasteiger partial charge in [0, 0.05) is 44.4 Å². The number of benzene rings is 1. The summed E-state index contributed by atoms with van der Waals surface area (Å²) in [4.78, 5) is 25.2. The number of rotatable bonds is 9. The molecule has 1 saturated heterocycles. The highest BCUT2D eigenvalue weighted by Gasteiger charge is 2.25. The summed E-state index contributed by atoms with van der Waals surface area (Å²) < 4.78 is 5.82. The molecule has 1 aromatic carbocycles. The van der Waals surface area contributed by atoms with Crippen LogP contribution in [0.3, 0.4) is 0 Å². The van der Waals surface area contributed by atoms with Gasteiger partial charge in [0.25, 0.3) is 0 Å². The van der Waals surface area contributed by atoms with Crippen molar-refractivity contribution >= 4 is 41.7 Å². The van der Waals surface area contributed by atoms with Crippen molar-refractivity contribution < 1.29 is 9.53 Å². The van der Waals surface area contributed by atoms with Crippen molar-refractivity contribution in [3.63, 3.8) is 0 Å². The van der Waals surface area contributed by atoms with Crippen LogP contribution in [0.15, 0.2) is 53.7 Å².